The molecule has 0 aliphatic carbocycles. The van der Waals surface area contributed by atoms with Crippen LogP contribution in [0.1, 0.15) is 32.1 Å². The zero-order chi connectivity index (χ0) is 21.4. The fourth-order valence-corrected chi connectivity index (χ4v) is 5.04. The highest BCUT2D eigenvalue weighted by Crippen LogP contribution is 2.25. The first-order valence-electron chi connectivity index (χ1n) is 10.3. The van der Waals surface area contributed by atoms with E-state index in [1.807, 2.05) is 0 Å². The van der Waals surface area contributed by atoms with Crippen molar-refractivity contribution in [1.29, 1.82) is 0 Å². The van der Waals surface area contributed by atoms with Crippen molar-refractivity contribution in [2.24, 2.45) is 5.92 Å². The van der Waals surface area contributed by atoms with Crippen LogP contribution in [0.15, 0.2) is 0 Å². The smallest absolute Gasteiger partial charge is 0.303 e. The molecule has 0 aromatic rings. The van der Waals surface area contributed by atoms with Crippen LogP contribution in [0.2, 0.25) is 39.3 Å². The van der Waals surface area contributed by atoms with Crippen LogP contribution in [0.4, 0.5) is 0 Å². The minimum absolute atomic E-state index is 0.169. The van der Waals surface area contributed by atoms with E-state index in [0.717, 1.165) is 19.3 Å². The summed E-state index contributed by atoms with van der Waals surface area (Å²) in [5.41, 5.74) is 0. The molecule has 166 valence electrons. The van der Waals surface area contributed by atoms with Gasteiger partial charge in [-0.15, -0.1) is 0 Å². The molecule has 1 fully saturated rings. The van der Waals surface area contributed by atoms with Crippen molar-refractivity contribution in [3.8, 4) is 0 Å². The minimum Gasteiger partial charge on any atom is -0.481 e. The molecule has 2 N–H and O–H groups in total. The van der Waals surface area contributed by atoms with Crippen molar-refractivity contribution in [3.63, 3.8) is 0 Å². The molecular formula is C19H40O7Si2. The summed E-state index contributed by atoms with van der Waals surface area (Å²) in [5, 5.41) is 20.2. The number of carboxylic acid groups (broad SMARTS) is 1. The van der Waals surface area contributed by atoms with E-state index in [-0.39, 0.29) is 19.3 Å². The summed E-state index contributed by atoms with van der Waals surface area (Å²) in [6, 6.07) is 0. The Balaban J connectivity index is 2.80. The molecule has 1 aliphatic heterocycles. The van der Waals surface area contributed by atoms with Gasteiger partial charge in [0.05, 0.1) is 25.2 Å². The second kappa shape index (κ2) is 11.8. The Morgan fingerprint density at radius 3 is 2.32 bits per heavy atom. The summed E-state index contributed by atoms with van der Waals surface area (Å²) < 4.78 is 23.6. The van der Waals surface area contributed by atoms with Crippen molar-refractivity contribution in [3.05, 3.63) is 0 Å². The van der Waals surface area contributed by atoms with Crippen LogP contribution in [-0.2, 0) is 23.1 Å². The molecule has 28 heavy (non-hydrogen) atoms. The molecule has 0 aromatic carbocycles. The van der Waals surface area contributed by atoms with Crippen LogP contribution in [0.25, 0.3) is 0 Å². The number of aliphatic carboxylic acids is 1. The third kappa shape index (κ3) is 11.6. The maximum atomic E-state index is 11.5. The molecule has 0 bridgehead atoms. The number of hydrogen-bond acceptors (Lipinski definition) is 6. The first-order chi connectivity index (χ1) is 12.9. The zero-order valence-electron chi connectivity index (χ0n) is 18.4. The highest BCUT2D eigenvalue weighted by molar-refractivity contribution is 6.70. The van der Waals surface area contributed by atoms with Crippen LogP contribution in [0, 0.1) is 5.92 Å². The predicted molar refractivity (Wildman–Crippen MR) is 113 cm³/mol. The van der Waals surface area contributed by atoms with Crippen molar-refractivity contribution in [1.82, 2.24) is 0 Å². The Kier molecular flexibility index (Phi) is 10.8. The molecule has 0 radical (unpaired) electrons. The number of aliphatic hydroxyl groups excluding tert-OH is 1. The quantitative estimate of drug-likeness (QED) is 0.427. The first-order valence-corrected chi connectivity index (χ1v) is 17.1. The van der Waals surface area contributed by atoms with Gasteiger partial charge in [-0.1, -0.05) is 0 Å². The van der Waals surface area contributed by atoms with E-state index in [2.05, 4.69) is 39.3 Å². The lowest BCUT2D eigenvalue weighted by Gasteiger charge is -2.36. The second-order valence-electron chi connectivity index (χ2n) is 9.48. The van der Waals surface area contributed by atoms with E-state index in [0.29, 0.717) is 19.6 Å². The molecule has 1 unspecified atom stereocenters. The van der Waals surface area contributed by atoms with Crippen LogP contribution < -0.4 is 0 Å². The average molecular weight is 437 g/mol. The van der Waals surface area contributed by atoms with Gasteiger partial charge in [-0.05, 0) is 65.0 Å². The monoisotopic (exact) mass is 436 g/mol. The molecule has 1 heterocycles. The second-order valence-corrected chi connectivity index (χ2v) is 18.5. The number of ether oxygens (including phenoxy) is 2. The number of hydrogen-bond donors (Lipinski definition) is 2. The van der Waals surface area contributed by atoms with E-state index in [1.54, 1.807) is 0 Å². The molecule has 1 rings (SSSR count). The standard InChI is InChI=1S/C19H40O7Si2/c1-27(2,3)25-12-10-16(20)15(13-18(21)22)17(26-28(4,5)6)14-24-19-9-7-8-11-23-19/h15-17,19-20H,7-14H2,1-6H3,(H,21,22)/t15-,16-,17+,19?/m0/s1. The highest BCUT2D eigenvalue weighted by atomic mass is 28.4. The van der Waals surface area contributed by atoms with Gasteiger partial charge in [0.1, 0.15) is 0 Å². The van der Waals surface area contributed by atoms with Crippen LogP contribution in [0.5, 0.6) is 0 Å². The van der Waals surface area contributed by atoms with E-state index >= 15 is 0 Å². The molecule has 9 heteroatoms. The van der Waals surface area contributed by atoms with Crippen molar-refractivity contribution in [2.75, 3.05) is 19.8 Å². The molecule has 0 spiro atoms. The van der Waals surface area contributed by atoms with E-state index < -0.39 is 40.7 Å². The molecule has 0 saturated carbocycles. The number of carbonyl (C=O) groups is 1. The van der Waals surface area contributed by atoms with E-state index in [4.69, 9.17) is 18.3 Å². The van der Waals surface area contributed by atoms with Crippen LogP contribution in [-0.4, -0.2) is 71.1 Å². The predicted octanol–water partition coefficient (Wildman–Crippen LogP) is 3.44. The van der Waals surface area contributed by atoms with Gasteiger partial charge in [0.2, 0.25) is 0 Å². The summed E-state index contributed by atoms with van der Waals surface area (Å²) in [6.07, 6.45) is 1.53. The highest BCUT2D eigenvalue weighted by Gasteiger charge is 2.35. The van der Waals surface area contributed by atoms with Crippen molar-refractivity contribution in [2.45, 2.75) is 89.9 Å². The Hall–Kier alpha value is -0.296. The van der Waals surface area contributed by atoms with Gasteiger partial charge < -0.3 is 28.5 Å². The summed E-state index contributed by atoms with van der Waals surface area (Å²) in [5.74, 6) is -1.51. The molecule has 1 aliphatic rings. The summed E-state index contributed by atoms with van der Waals surface area (Å²) in [4.78, 5) is 11.5. The summed E-state index contributed by atoms with van der Waals surface area (Å²) in [7, 11) is -3.66. The molecule has 1 saturated heterocycles. The molecular weight excluding hydrogens is 396 g/mol. The Labute approximate surface area is 172 Å². The van der Waals surface area contributed by atoms with Crippen LogP contribution >= 0.6 is 0 Å². The third-order valence-corrected chi connectivity index (χ3v) is 6.50. The lowest BCUT2D eigenvalue weighted by Crippen LogP contribution is -2.45. The Bertz CT molecular complexity index is 456. The fraction of sp³-hybridized carbons (Fsp3) is 0.947. The lowest BCUT2D eigenvalue weighted by atomic mass is 9.91. The first kappa shape index (κ1) is 25.7. The van der Waals surface area contributed by atoms with Crippen molar-refractivity contribution >= 4 is 22.6 Å². The van der Waals surface area contributed by atoms with Gasteiger partial charge in [-0.25, -0.2) is 0 Å². The SMILES string of the molecule is C[Si](C)(C)OCC[C@H](O)[C@H](CC(=O)O)[C@@H](COC1CCCCO1)O[Si](C)(C)C. The molecule has 7 nitrogen and oxygen atoms in total. The van der Waals surface area contributed by atoms with E-state index in [9.17, 15) is 15.0 Å². The molecule has 0 amide bonds. The number of rotatable bonds is 13. The maximum absolute atomic E-state index is 11.5. The largest absolute Gasteiger partial charge is 0.481 e. The number of aliphatic hydroxyl groups is 1. The van der Waals surface area contributed by atoms with Crippen LogP contribution in [0.3, 0.4) is 0 Å². The van der Waals surface area contributed by atoms with Gasteiger partial charge in [-0.2, -0.15) is 0 Å². The van der Waals surface area contributed by atoms with Gasteiger partial charge in [-0.3, -0.25) is 4.79 Å². The summed E-state index contributed by atoms with van der Waals surface area (Å²) in [6.45, 7) is 13.7. The molecule has 4 atom stereocenters. The fourth-order valence-electron chi connectivity index (χ4n) is 3.16. The minimum atomic E-state index is -1.98. The van der Waals surface area contributed by atoms with Crippen molar-refractivity contribution < 1.29 is 33.3 Å². The topological polar surface area (TPSA) is 94.5 Å². The summed E-state index contributed by atoms with van der Waals surface area (Å²) >= 11 is 0. The molecule has 0 aromatic heterocycles. The van der Waals surface area contributed by atoms with Gasteiger partial charge in [0.25, 0.3) is 0 Å². The normalized spacial score (nSPS) is 21.9. The lowest BCUT2D eigenvalue weighted by molar-refractivity contribution is -0.181. The number of carboxylic acids is 1. The van der Waals surface area contributed by atoms with E-state index in [1.165, 1.54) is 0 Å². The average Bonchev–Trinajstić information content (AvgIpc) is 2.55. The van der Waals surface area contributed by atoms with Gasteiger partial charge >= 0.3 is 5.97 Å². The third-order valence-electron chi connectivity index (χ3n) is 4.42. The Morgan fingerprint density at radius 2 is 1.82 bits per heavy atom. The Morgan fingerprint density at radius 1 is 1.14 bits per heavy atom. The van der Waals surface area contributed by atoms with Gasteiger partial charge in [0, 0.05) is 19.1 Å². The maximum Gasteiger partial charge on any atom is 0.303 e. The van der Waals surface area contributed by atoms with Gasteiger partial charge in [0.15, 0.2) is 22.9 Å². The zero-order valence-corrected chi connectivity index (χ0v) is 20.4.